The summed E-state index contributed by atoms with van der Waals surface area (Å²) in [6.45, 7) is 5.76. The number of rotatable bonds is 4. The Bertz CT molecular complexity index is 847. The van der Waals surface area contributed by atoms with Gasteiger partial charge in [-0.3, -0.25) is 14.2 Å². The molecule has 0 spiro atoms. The number of hydrogen-bond donors (Lipinski definition) is 1. The van der Waals surface area contributed by atoms with Gasteiger partial charge >= 0.3 is 0 Å². The van der Waals surface area contributed by atoms with Crippen LogP contribution in [0.1, 0.15) is 36.2 Å². The summed E-state index contributed by atoms with van der Waals surface area (Å²) in [5, 5.41) is 3.51. The summed E-state index contributed by atoms with van der Waals surface area (Å²) in [6, 6.07) is 3.53. The molecule has 3 rings (SSSR count). The number of amides is 1. The lowest BCUT2D eigenvalue weighted by molar-refractivity contribution is -0.116. The van der Waals surface area contributed by atoms with Crippen molar-refractivity contribution in [2.75, 3.05) is 11.1 Å². The maximum Gasteiger partial charge on any atom is 0.257 e. The molecule has 3 heterocycles. The van der Waals surface area contributed by atoms with Gasteiger partial charge in [0.15, 0.2) is 5.16 Å². The van der Waals surface area contributed by atoms with E-state index in [4.69, 9.17) is 0 Å². The number of carbonyl (C=O) groups excluding carboxylic acids is 1. The fourth-order valence-electron chi connectivity index (χ4n) is 2.89. The zero-order valence-corrected chi connectivity index (χ0v) is 14.8. The standard InChI is InChI=1S/C17H20N4O2S/c1-4-13-11(3)19-17-21(16(13)23)12(9-24-17)8-15(22)20-14-7-10(2)5-6-18-14/h5-7,12H,4,8-9H2,1-3H3,(H,18,20,22). The third kappa shape index (κ3) is 3.21. The van der Waals surface area contributed by atoms with E-state index in [1.165, 1.54) is 11.8 Å². The van der Waals surface area contributed by atoms with Gasteiger partial charge < -0.3 is 5.32 Å². The van der Waals surface area contributed by atoms with Gasteiger partial charge in [0, 0.05) is 29.6 Å². The maximum atomic E-state index is 12.7. The van der Waals surface area contributed by atoms with Crippen molar-refractivity contribution < 1.29 is 4.79 Å². The Balaban J connectivity index is 1.79. The molecular weight excluding hydrogens is 324 g/mol. The smallest absolute Gasteiger partial charge is 0.257 e. The SMILES string of the molecule is CCc1c(C)nc2n(c1=O)C(CC(=O)Nc1cc(C)ccn1)CS2. The largest absolute Gasteiger partial charge is 0.311 e. The number of anilines is 1. The quantitative estimate of drug-likeness (QED) is 0.862. The lowest BCUT2D eigenvalue weighted by atomic mass is 10.1. The van der Waals surface area contributed by atoms with Crippen LogP contribution in [0.15, 0.2) is 28.3 Å². The van der Waals surface area contributed by atoms with Crippen LogP contribution in [-0.2, 0) is 11.2 Å². The first-order valence-corrected chi connectivity index (χ1v) is 8.95. The van der Waals surface area contributed by atoms with Crippen LogP contribution in [0, 0.1) is 13.8 Å². The molecule has 2 aromatic heterocycles. The predicted molar refractivity (Wildman–Crippen MR) is 94.6 cm³/mol. The second-order valence-electron chi connectivity index (χ2n) is 5.92. The van der Waals surface area contributed by atoms with Gasteiger partial charge in [-0.25, -0.2) is 9.97 Å². The van der Waals surface area contributed by atoms with E-state index in [2.05, 4.69) is 15.3 Å². The normalized spacial score (nSPS) is 16.0. The van der Waals surface area contributed by atoms with E-state index in [1.807, 2.05) is 32.9 Å². The van der Waals surface area contributed by atoms with Gasteiger partial charge in [-0.15, -0.1) is 0 Å². The Labute approximate surface area is 144 Å². The van der Waals surface area contributed by atoms with Crippen LogP contribution >= 0.6 is 11.8 Å². The molecule has 1 unspecified atom stereocenters. The number of thioether (sulfide) groups is 1. The van der Waals surface area contributed by atoms with Gasteiger partial charge in [0.05, 0.1) is 6.04 Å². The summed E-state index contributed by atoms with van der Waals surface area (Å²) < 4.78 is 1.68. The molecule has 0 radical (unpaired) electrons. The molecular formula is C17H20N4O2S. The number of aryl methyl sites for hydroxylation is 2. The van der Waals surface area contributed by atoms with Crippen LogP contribution in [0.2, 0.25) is 0 Å². The Morgan fingerprint density at radius 1 is 1.46 bits per heavy atom. The van der Waals surface area contributed by atoms with E-state index in [9.17, 15) is 9.59 Å². The van der Waals surface area contributed by atoms with E-state index in [0.29, 0.717) is 23.1 Å². The van der Waals surface area contributed by atoms with Crippen LogP contribution in [-0.4, -0.2) is 26.2 Å². The van der Waals surface area contributed by atoms with E-state index in [0.717, 1.165) is 16.8 Å². The fraction of sp³-hybridized carbons (Fsp3) is 0.412. The van der Waals surface area contributed by atoms with Crippen molar-refractivity contribution in [3.63, 3.8) is 0 Å². The molecule has 2 aromatic rings. The number of pyridine rings is 1. The summed E-state index contributed by atoms with van der Waals surface area (Å²) in [5.74, 6) is 1.08. The predicted octanol–water partition coefficient (Wildman–Crippen LogP) is 2.49. The summed E-state index contributed by atoms with van der Waals surface area (Å²) >= 11 is 1.53. The second kappa shape index (κ2) is 6.76. The fourth-order valence-corrected chi connectivity index (χ4v) is 4.07. The molecule has 1 N–H and O–H groups in total. The van der Waals surface area contributed by atoms with Gasteiger partial charge in [-0.1, -0.05) is 18.7 Å². The molecule has 0 fully saturated rings. The summed E-state index contributed by atoms with van der Waals surface area (Å²) in [5.41, 5.74) is 2.53. The lowest BCUT2D eigenvalue weighted by Crippen LogP contribution is -2.30. The summed E-state index contributed by atoms with van der Waals surface area (Å²) in [6.07, 6.45) is 2.55. The van der Waals surface area contributed by atoms with Crippen LogP contribution in [0.4, 0.5) is 5.82 Å². The minimum Gasteiger partial charge on any atom is -0.311 e. The molecule has 1 atom stereocenters. The molecule has 126 valence electrons. The van der Waals surface area contributed by atoms with Crippen molar-refractivity contribution in [1.82, 2.24) is 14.5 Å². The molecule has 0 saturated heterocycles. The van der Waals surface area contributed by atoms with Crippen LogP contribution in [0.3, 0.4) is 0 Å². The molecule has 1 aliphatic rings. The first kappa shape index (κ1) is 16.7. The molecule has 1 amide bonds. The molecule has 7 heteroatoms. The number of carbonyl (C=O) groups is 1. The minimum atomic E-state index is -0.166. The average Bonchev–Trinajstić information content (AvgIpc) is 2.90. The number of nitrogens with one attached hydrogen (secondary N) is 1. The Morgan fingerprint density at radius 2 is 2.25 bits per heavy atom. The molecule has 24 heavy (non-hydrogen) atoms. The number of nitrogens with zero attached hydrogens (tertiary/aromatic N) is 3. The van der Waals surface area contributed by atoms with Crippen molar-refractivity contribution >= 4 is 23.5 Å². The highest BCUT2D eigenvalue weighted by molar-refractivity contribution is 7.99. The number of aromatic nitrogens is 3. The van der Waals surface area contributed by atoms with Gasteiger partial charge in [0.25, 0.3) is 5.56 Å². The summed E-state index contributed by atoms with van der Waals surface area (Å²) in [7, 11) is 0. The van der Waals surface area contributed by atoms with Crippen LogP contribution in [0.5, 0.6) is 0 Å². The molecule has 0 saturated carbocycles. The van der Waals surface area contributed by atoms with Gasteiger partial charge in [-0.2, -0.15) is 0 Å². The van der Waals surface area contributed by atoms with E-state index in [-0.39, 0.29) is 23.9 Å². The molecule has 6 nitrogen and oxygen atoms in total. The van der Waals surface area contributed by atoms with Crippen molar-refractivity contribution in [1.29, 1.82) is 0 Å². The molecule has 1 aliphatic heterocycles. The zero-order chi connectivity index (χ0) is 17.3. The van der Waals surface area contributed by atoms with Crippen LogP contribution < -0.4 is 10.9 Å². The third-order valence-corrected chi connectivity index (χ3v) is 5.21. The molecule has 0 aromatic carbocycles. The van der Waals surface area contributed by atoms with Crippen LogP contribution in [0.25, 0.3) is 0 Å². The zero-order valence-electron chi connectivity index (χ0n) is 14.0. The third-order valence-electron chi connectivity index (χ3n) is 4.11. The Morgan fingerprint density at radius 3 is 2.96 bits per heavy atom. The van der Waals surface area contributed by atoms with E-state index in [1.54, 1.807) is 10.8 Å². The highest BCUT2D eigenvalue weighted by atomic mass is 32.2. The van der Waals surface area contributed by atoms with Crippen molar-refractivity contribution in [2.24, 2.45) is 0 Å². The first-order valence-electron chi connectivity index (χ1n) is 7.97. The van der Waals surface area contributed by atoms with Gasteiger partial charge in [0.1, 0.15) is 5.82 Å². The average molecular weight is 344 g/mol. The molecule has 0 bridgehead atoms. The second-order valence-corrected chi connectivity index (χ2v) is 6.91. The first-order chi connectivity index (χ1) is 11.5. The molecule has 0 aliphatic carbocycles. The van der Waals surface area contributed by atoms with E-state index < -0.39 is 0 Å². The Hall–Kier alpha value is -2.15. The van der Waals surface area contributed by atoms with Gasteiger partial charge in [0.2, 0.25) is 5.91 Å². The lowest BCUT2D eigenvalue weighted by Gasteiger charge is -2.15. The van der Waals surface area contributed by atoms with Crippen molar-refractivity contribution in [3.05, 3.63) is 45.5 Å². The minimum absolute atomic E-state index is 0.0171. The van der Waals surface area contributed by atoms with Gasteiger partial charge in [-0.05, 0) is 38.0 Å². The topological polar surface area (TPSA) is 76.9 Å². The van der Waals surface area contributed by atoms with E-state index >= 15 is 0 Å². The summed E-state index contributed by atoms with van der Waals surface area (Å²) in [4.78, 5) is 33.7. The number of hydrogen-bond acceptors (Lipinski definition) is 5. The number of fused-ring (bicyclic) bond motifs is 1. The monoisotopic (exact) mass is 344 g/mol. The Kier molecular flexibility index (Phi) is 4.71. The maximum absolute atomic E-state index is 12.7. The highest BCUT2D eigenvalue weighted by Gasteiger charge is 2.29. The highest BCUT2D eigenvalue weighted by Crippen LogP contribution is 2.32. The van der Waals surface area contributed by atoms with Crippen molar-refractivity contribution in [2.45, 2.75) is 44.8 Å². The van der Waals surface area contributed by atoms with Crippen molar-refractivity contribution in [3.8, 4) is 0 Å².